The minimum absolute atomic E-state index is 0.00292. The van der Waals surface area contributed by atoms with Gasteiger partial charge in [0.15, 0.2) is 0 Å². The zero-order valence-electron chi connectivity index (χ0n) is 8.21. The minimum Gasteiger partial charge on any atom is -0.465 e. The second-order valence-electron chi connectivity index (χ2n) is 3.13. The molecule has 1 aliphatic rings. The van der Waals surface area contributed by atoms with Crippen molar-refractivity contribution in [2.24, 2.45) is 0 Å². The summed E-state index contributed by atoms with van der Waals surface area (Å²) in [4.78, 5) is 11.3. The highest BCUT2D eigenvalue weighted by molar-refractivity contribution is 5.75. The minimum atomic E-state index is -0.182. The van der Waals surface area contributed by atoms with Crippen molar-refractivity contribution in [1.82, 2.24) is 5.32 Å². The van der Waals surface area contributed by atoms with Gasteiger partial charge < -0.3 is 9.47 Å². The molecule has 4 nitrogen and oxygen atoms in total. The third-order valence-corrected chi connectivity index (χ3v) is 2.20. The summed E-state index contributed by atoms with van der Waals surface area (Å²) in [6.07, 6.45) is 2.82. The average molecular weight is 187 g/mol. The normalized spacial score (nSPS) is 28.5. The molecule has 1 saturated heterocycles. The molecule has 1 rings (SSSR count). The fraction of sp³-hybridized carbons (Fsp3) is 0.889. The van der Waals surface area contributed by atoms with Gasteiger partial charge >= 0.3 is 5.97 Å². The first kappa shape index (κ1) is 10.5. The summed E-state index contributed by atoms with van der Waals surface area (Å²) in [5.74, 6) is -0.163. The molecule has 1 fully saturated rings. The van der Waals surface area contributed by atoms with Gasteiger partial charge in [-0.15, -0.1) is 0 Å². The molecule has 1 N–H and O–H groups in total. The first-order valence-electron chi connectivity index (χ1n) is 4.73. The van der Waals surface area contributed by atoms with Crippen LogP contribution >= 0.6 is 0 Å². The van der Waals surface area contributed by atoms with Crippen LogP contribution in [0.25, 0.3) is 0 Å². The summed E-state index contributed by atoms with van der Waals surface area (Å²) < 4.78 is 10.0. The van der Waals surface area contributed by atoms with E-state index in [4.69, 9.17) is 9.47 Å². The number of rotatable bonds is 3. The second kappa shape index (κ2) is 5.19. The van der Waals surface area contributed by atoms with Crippen LogP contribution < -0.4 is 5.32 Å². The molecule has 0 aliphatic carbocycles. The molecule has 0 saturated carbocycles. The fourth-order valence-electron chi connectivity index (χ4n) is 1.51. The molecule has 2 unspecified atom stereocenters. The van der Waals surface area contributed by atoms with Gasteiger partial charge in [0.2, 0.25) is 0 Å². The zero-order chi connectivity index (χ0) is 9.68. The van der Waals surface area contributed by atoms with E-state index in [0.717, 1.165) is 19.3 Å². The van der Waals surface area contributed by atoms with E-state index in [1.165, 1.54) is 0 Å². The number of esters is 1. The first-order valence-corrected chi connectivity index (χ1v) is 4.73. The summed E-state index contributed by atoms with van der Waals surface area (Å²) >= 11 is 0. The van der Waals surface area contributed by atoms with Crippen LogP contribution in [0.4, 0.5) is 0 Å². The summed E-state index contributed by atoms with van der Waals surface area (Å²) in [5.41, 5.74) is 0. The van der Waals surface area contributed by atoms with Gasteiger partial charge in [0.1, 0.15) is 12.3 Å². The van der Waals surface area contributed by atoms with Crippen LogP contribution in [0.1, 0.15) is 26.2 Å². The molecule has 4 heteroatoms. The van der Waals surface area contributed by atoms with Crippen molar-refractivity contribution >= 4 is 5.97 Å². The van der Waals surface area contributed by atoms with Crippen LogP contribution in [-0.4, -0.2) is 32.0 Å². The molecule has 13 heavy (non-hydrogen) atoms. The average Bonchev–Trinajstić information content (AvgIpc) is 2.18. The molecule has 1 aliphatic heterocycles. The molecule has 0 radical (unpaired) electrons. The fourth-order valence-corrected chi connectivity index (χ4v) is 1.51. The van der Waals surface area contributed by atoms with E-state index in [2.05, 4.69) is 5.32 Å². The Morgan fingerprint density at radius 3 is 2.92 bits per heavy atom. The number of hydrogen-bond donors (Lipinski definition) is 1. The van der Waals surface area contributed by atoms with Crippen LogP contribution in [0.5, 0.6) is 0 Å². The number of nitrogens with one attached hydrogen (secondary N) is 1. The van der Waals surface area contributed by atoms with Gasteiger partial charge in [-0.05, 0) is 26.2 Å². The lowest BCUT2D eigenvalue weighted by Crippen LogP contribution is -2.48. The maximum Gasteiger partial charge on any atom is 0.323 e. The number of piperidine rings is 1. The molecule has 0 aromatic heterocycles. The standard InChI is InChI=1S/C9H17NO3/c1-3-13-9(11)7-5-4-6-8(10-7)12-2/h7-8,10H,3-6H2,1-2H3. The van der Waals surface area contributed by atoms with Gasteiger partial charge in [-0.25, -0.2) is 0 Å². The van der Waals surface area contributed by atoms with Gasteiger partial charge in [-0.1, -0.05) is 0 Å². The van der Waals surface area contributed by atoms with Gasteiger partial charge in [-0.3, -0.25) is 10.1 Å². The molecule has 0 amide bonds. The Morgan fingerprint density at radius 1 is 1.54 bits per heavy atom. The highest BCUT2D eigenvalue weighted by atomic mass is 16.5. The molecule has 76 valence electrons. The van der Waals surface area contributed by atoms with Crippen LogP contribution in [0.15, 0.2) is 0 Å². The third-order valence-electron chi connectivity index (χ3n) is 2.20. The van der Waals surface area contributed by atoms with E-state index < -0.39 is 0 Å². The van der Waals surface area contributed by atoms with Crippen molar-refractivity contribution in [1.29, 1.82) is 0 Å². The summed E-state index contributed by atoms with van der Waals surface area (Å²) in [7, 11) is 1.64. The molecular formula is C9H17NO3. The van der Waals surface area contributed by atoms with E-state index in [9.17, 15) is 4.79 Å². The maximum absolute atomic E-state index is 11.3. The Labute approximate surface area is 78.6 Å². The van der Waals surface area contributed by atoms with Crippen molar-refractivity contribution in [3.8, 4) is 0 Å². The molecule has 0 aromatic carbocycles. The summed E-state index contributed by atoms with van der Waals surface area (Å²) in [5, 5.41) is 3.09. The van der Waals surface area contributed by atoms with E-state index in [0.29, 0.717) is 6.61 Å². The molecule has 0 aromatic rings. The van der Waals surface area contributed by atoms with Crippen molar-refractivity contribution in [3.05, 3.63) is 0 Å². The Kier molecular flexibility index (Phi) is 4.18. The van der Waals surface area contributed by atoms with Crippen LogP contribution in [0, 0.1) is 0 Å². The van der Waals surface area contributed by atoms with Gasteiger partial charge in [0.05, 0.1) is 6.61 Å². The smallest absolute Gasteiger partial charge is 0.323 e. The van der Waals surface area contributed by atoms with Crippen molar-refractivity contribution in [2.75, 3.05) is 13.7 Å². The van der Waals surface area contributed by atoms with Crippen molar-refractivity contribution < 1.29 is 14.3 Å². The lowest BCUT2D eigenvalue weighted by Gasteiger charge is -2.28. The SMILES string of the molecule is CCOC(=O)C1CCCC(OC)N1. The molecule has 1 heterocycles. The van der Waals surface area contributed by atoms with E-state index in [1.54, 1.807) is 7.11 Å². The zero-order valence-corrected chi connectivity index (χ0v) is 8.21. The maximum atomic E-state index is 11.3. The van der Waals surface area contributed by atoms with Crippen molar-refractivity contribution in [3.63, 3.8) is 0 Å². The van der Waals surface area contributed by atoms with E-state index >= 15 is 0 Å². The highest BCUT2D eigenvalue weighted by Crippen LogP contribution is 2.13. The second-order valence-corrected chi connectivity index (χ2v) is 3.13. The molecule has 0 spiro atoms. The number of methoxy groups -OCH3 is 1. The van der Waals surface area contributed by atoms with Crippen molar-refractivity contribution in [2.45, 2.75) is 38.5 Å². The summed E-state index contributed by atoms with van der Waals surface area (Å²) in [6, 6.07) is -0.182. The van der Waals surface area contributed by atoms with E-state index in [-0.39, 0.29) is 18.2 Å². The lowest BCUT2D eigenvalue weighted by atomic mass is 10.0. The number of ether oxygens (including phenoxy) is 2. The Balaban J connectivity index is 2.37. The van der Waals surface area contributed by atoms with Crippen LogP contribution in [0.2, 0.25) is 0 Å². The Hall–Kier alpha value is -0.610. The Bertz CT molecular complexity index is 172. The number of carbonyl (C=O) groups excluding carboxylic acids is 1. The predicted octanol–water partition coefficient (Wildman–Crippen LogP) is 0.664. The van der Waals surface area contributed by atoms with Crippen LogP contribution in [0.3, 0.4) is 0 Å². The third kappa shape index (κ3) is 2.97. The quantitative estimate of drug-likeness (QED) is 0.659. The van der Waals surface area contributed by atoms with Gasteiger partial charge in [0, 0.05) is 7.11 Å². The van der Waals surface area contributed by atoms with E-state index in [1.807, 2.05) is 6.92 Å². The molecule has 2 atom stereocenters. The monoisotopic (exact) mass is 187 g/mol. The first-order chi connectivity index (χ1) is 6.27. The topological polar surface area (TPSA) is 47.6 Å². The largest absolute Gasteiger partial charge is 0.465 e. The lowest BCUT2D eigenvalue weighted by molar-refractivity contribution is -0.148. The molecular weight excluding hydrogens is 170 g/mol. The van der Waals surface area contributed by atoms with Gasteiger partial charge in [0.25, 0.3) is 0 Å². The van der Waals surface area contributed by atoms with Crippen LogP contribution in [-0.2, 0) is 14.3 Å². The number of hydrogen-bond acceptors (Lipinski definition) is 4. The Morgan fingerprint density at radius 2 is 2.31 bits per heavy atom. The number of carbonyl (C=O) groups is 1. The summed E-state index contributed by atoms with van der Waals surface area (Å²) in [6.45, 7) is 2.25. The van der Waals surface area contributed by atoms with Gasteiger partial charge in [-0.2, -0.15) is 0 Å². The predicted molar refractivity (Wildman–Crippen MR) is 48.2 cm³/mol. The molecule has 0 bridgehead atoms. The highest BCUT2D eigenvalue weighted by Gasteiger charge is 2.26.